The molecule has 1 fully saturated rings. The van der Waals surface area contributed by atoms with Crippen LogP contribution < -0.4 is 4.90 Å². The smallest absolute Gasteiger partial charge is 0.206 e. The standard InChI is InChI=1S/C14H21NO2S2/c1-2-3-12-19(16,17)18-14-8-6-13(7-9-14)15-10-4-5-11-15/h6-9H,2-5,10-12H2,1H3. The molecule has 0 aromatic heterocycles. The summed E-state index contributed by atoms with van der Waals surface area (Å²) in [6.45, 7) is 4.23. The van der Waals surface area contributed by atoms with Gasteiger partial charge in [-0.2, -0.15) is 0 Å². The zero-order valence-corrected chi connectivity index (χ0v) is 13.0. The van der Waals surface area contributed by atoms with Gasteiger partial charge in [-0.1, -0.05) is 13.3 Å². The van der Waals surface area contributed by atoms with Crippen LogP contribution in [0.3, 0.4) is 0 Å². The lowest BCUT2D eigenvalue weighted by Gasteiger charge is -2.17. The van der Waals surface area contributed by atoms with Crippen LogP contribution in [-0.4, -0.2) is 27.3 Å². The second-order valence-corrected chi connectivity index (χ2v) is 9.07. The molecule has 1 aromatic carbocycles. The van der Waals surface area contributed by atoms with E-state index in [0.717, 1.165) is 41.6 Å². The van der Waals surface area contributed by atoms with Gasteiger partial charge < -0.3 is 4.90 Å². The molecule has 3 nitrogen and oxygen atoms in total. The predicted molar refractivity (Wildman–Crippen MR) is 82.4 cm³/mol. The third-order valence-corrected chi connectivity index (χ3v) is 6.63. The van der Waals surface area contributed by atoms with Crippen molar-refractivity contribution in [1.29, 1.82) is 0 Å². The second kappa shape index (κ2) is 6.66. The fourth-order valence-corrected chi connectivity index (χ4v) is 5.28. The summed E-state index contributed by atoms with van der Waals surface area (Å²) in [7, 11) is -2.03. The molecule has 106 valence electrons. The van der Waals surface area contributed by atoms with Crippen LogP contribution in [0.15, 0.2) is 29.2 Å². The monoisotopic (exact) mass is 299 g/mol. The molecule has 0 saturated carbocycles. The van der Waals surface area contributed by atoms with Gasteiger partial charge in [-0.05, 0) is 43.5 Å². The Morgan fingerprint density at radius 1 is 1.16 bits per heavy atom. The largest absolute Gasteiger partial charge is 0.372 e. The van der Waals surface area contributed by atoms with E-state index in [2.05, 4.69) is 4.90 Å². The van der Waals surface area contributed by atoms with Crippen LogP contribution in [0.25, 0.3) is 0 Å². The van der Waals surface area contributed by atoms with Crippen molar-refractivity contribution in [1.82, 2.24) is 0 Å². The van der Waals surface area contributed by atoms with E-state index in [1.807, 2.05) is 31.2 Å². The summed E-state index contributed by atoms with van der Waals surface area (Å²) < 4.78 is 23.7. The van der Waals surface area contributed by atoms with E-state index in [4.69, 9.17) is 0 Å². The molecule has 0 radical (unpaired) electrons. The third-order valence-electron chi connectivity index (χ3n) is 3.28. The summed E-state index contributed by atoms with van der Waals surface area (Å²) in [5, 5.41) is 0. The van der Waals surface area contributed by atoms with Crippen LogP contribution in [0.5, 0.6) is 0 Å². The van der Waals surface area contributed by atoms with E-state index in [1.54, 1.807) is 0 Å². The third kappa shape index (κ3) is 4.42. The maximum atomic E-state index is 11.9. The maximum Gasteiger partial charge on any atom is 0.206 e. The van der Waals surface area contributed by atoms with Crippen molar-refractivity contribution < 1.29 is 8.42 Å². The summed E-state index contributed by atoms with van der Waals surface area (Å²) >= 11 is 0. The van der Waals surface area contributed by atoms with Crippen LogP contribution in [0.1, 0.15) is 32.6 Å². The van der Waals surface area contributed by atoms with E-state index in [0.29, 0.717) is 0 Å². The van der Waals surface area contributed by atoms with Crippen LogP contribution in [0, 0.1) is 0 Å². The SMILES string of the molecule is CCCCS(=O)(=O)Sc1ccc(N2CCCC2)cc1. The van der Waals surface area contributed by atoms with Crippen molar-refractivity contribution in [2.75, 3.05) is 23.7 Å². The minimum absolute atomic E-state index is 0.266. The number of nitrogens with zero attached hydrogens (tertiary/aromatic N) is 1. The Morgan fingerprint density at radius 2 is 1.79 bits per heavy atom. The fourth-order valence-electron chi connectivity index (χ4n) is 2.20. The van der Waals surface area contributed by atoms with Crippen molar-refractivity contribution in [2.24, 2.45) is 0 Å². The Labute approximate surface area is 119 Å². The molecule has 0 unspecified atom stereocenters. The van der Waals surface area contributed by atoms with E-state index in [1.165, 1.54) is 18.5 Å². The molecular weight excluding hydrogens is 278 g/mol. The number of anilines is 1. The number of hydrogen-bond donors (Lipinski definition) is 0. The first-order valence-corrected chi connectivity index (χ1v) is 9.86. The summed E-state index contributed by atoms with van der Waals surface area (Å²) in [6.07, 6.45) is 4.15. The highest BCUT2D eigenvalue weighted by Gasteiger charge is 2.14. The summed E-state index contributed by atoms with van der Waals surface area (Å²) in [6, 6.07) is 7.90. The Kier molecular flexibility index (Phi) is 5.16. The average molecular weight is 299 g/mol. The van der Waals surface area contributed by atoms with Gasteiger partial charge in [0.15, 0.2) is 0 Å². The highest BCUT2D eigenvalue weighted by molar-refractivity contribution is 8.72. The second-order valence-electron chi connectivity index (χ2n) is 4.89. The molecule has 5 heteroatoms. The molecule has 0 amide bonds. The van der Waals surface area contributed by atoms with E-state index < -0.39 is 8.87 Å². The molecule has 0 bridgehead atoms. The molecule has 0 aliphatic carbocycles. The van der Waals surface area contributed by atoms with Crippen molar-refractivity contribution in [3.8, 4) is 0 Å². The first kappa shape index (κ1) is 14.7. The van der Waals surface area contributed by atoms with Crippen molar-refractivity contribution >= 4 is 25.4 Å². The highest BCUT2D eigenvalue weighted by Crippen LogP contribution is 2.29. The van der Waals surface area contributed by atoms with Gasteiger partial charge in [-0.3, -0.25) is 0 Å². The molecule has 1 aliphatic rings. The summed E-state index contributed by atoms with van der Waals surface area (Å²) in [5.41, 5.74) is 1.20. The molecule has 1 heterocycles. The molecule has 0 N–H and O–H groups in total. The van der Waals surface area contributed by atoms with Gasteiger partial charge in [-0.15, -0.1) is 0 Å². The van der Waals surface area contributed by atoms with Crippen molar-refractivity contribution in [3.63, 3.8) is 0 Å². The zero-order chi connectivity index (χ0) is 13.7. The lowest BCUT2D eigenvalue weighted by Crippen LogP contribution is -2.17. The number of hydrogen-bond acceptors (Lipinski definition) is 4. The Bertz CT molecular complexity index is 491. The van der Waals surface area contributed by atoms with Crippen LogP contribution in [-0.2, 0) is 8.87 Å². The zero-order valence-electron chi connectivity index (χ0n) is 11.3. The van der Waals surface area contributed by atoms with Gasteiger partial charge in [0.1, 0.15) is 0 Å². The van der Waals surface area contributed by atoms with Gasteiger partial charge in [0.25, 0.3) is 0 Å². The minimum Gasteiger partial charge on any atom is -0.372 e. The number of rotatable bonds is 6. The Hall–Kier alpha value is -0.680. The van der Waals surface area contributed by atoms with Crippen molar-refractivity contribution in [2.45, 2.75) is 37.5 Å². The quantitative estimate of drug-likeness (QED) is 0.753. The first-order chi connectivity index (χ1) is 9.11. The van der Waals surface area contributed by atoms with Gasteiger partial charge in [0.05, 0.1) is 5.75 Å². The lowest BCUT2D eigenvalue weighted by atomic mass is 10.3. The average Bonchev–Trinajstić information content (AvgIpc) is 2.91. The topological polar surface area (TPSA) is 37.4 Å². The van der Waals surface area contributed by atoms with E-state index >= 15 is 0 Å². The maximum absolute atomic E-state index is 11.9. The van der Waals surface area contributed by atoms with E-state index in [-0.39, 0.29) is 5.75 Å². The Morgan fingerprint density at radius 3 is 2.37 bits per heavy atom. The minimum atomic E-state index is -3.03. The van der Waals surface area contributed by atoms with E-state index in [9.17, 15) is 8.42 Å². The molecular formula is C14H21NO2S2. The van der Waals surface area contributed by atoms with Crippen LogP contribution >= 0.6 is 10.8 Å². The fraction of sp³-hybridized carbons (Fsp3) is 0.571. The van der Waals surface area contributed by atoms with Crippen LogP contribution in [0.4, 0.5) is 5.69 Å². The van der Waals surface area contributed by atoms with Gasteiger partial charge in [-0.25, -0.2) is 8.42 Å². The van der Waals surface area contributed by atoms with Crippen molar-refractivity contribution in [3.05, 3.63) is 24.3 Å². The predicted octanol–water partition coefficient (Wildman–Crippen LogP) is 3.51. The number of unbranched alkanes of at least 4 members (excludes halogenated alkanes) is 1. The Balaban J connectivity index is 1.98. The molecule has 19 heavy (non-hydrogen) atoms. The summed E-state index contributed by atoms with van der Waals surface area (Å²) in [4.78, 5) is 3.17. The molecule has 0 atom stereocenters. The van der Waals surface area contributed by atoms with Gasteiger partial charge in [0.2, 0.25) is 8.87 Å². The number of benzene rings is 1. The molecule has 0 spiro atoms. The molecule has 1 aromatic rings. The highest BCUT2D eigenvalue weighted by atomic mass is 33.1. The molecule has 1 aliphatic heterocycles. The molecule has 1 saturated heterocycles. The van der Waals surface area contributed by atoms with Crippen LogP contribution in [0.2, 0.25) is 0 Å². The normalized spacial score (nSPS) is 15.9. The first-order valence-electron chi connectivity index (χ1n) is 6.88. The molecule has 2 rings (SSSR count). The van der Waals surface area contributed by atoms with Gasteiger partial charge >= 0.3 is 0 Å². The lowest BCUT2D eigenvalue weighted by molar-refractivity contribution is 0.607. The summed E-state index contributed by atoms with van der Waals surface area (Å²) in [5.74, 6) is 0.266. The van der Waals surface area contributed by atoms with Gasteiger partial charge in [0, 0.05) is 34.5 Å².